The molecule has 1 amide bonds. The van der Waals surface area contributed by atoms with Gasteiger partial charge in [-0.1, -0.05) is 103 Å². The van der Waals surface area contributed by atoms with Crippen LogP contribution in [0.3, 0.4) is 0 Å². The number of phosphoric acid groups is 1. The van der Waals surface area contributed by atoms with E-state index in [0.29, 0.717) is 24.1 Å². The Kier molecular flexibility index (Phi) is 22.0. The highest BCUT2D eigenvalue weighted by Crippen LogP contribution is 2.37. The fourth-order valence-corrected chi connectivity index (χ4v) is 5.04. The van der Waals surface area contributed by atoms with Gasteiger partial charge in [-0.25, -0.2) is 4.57 Å². The second-order valence-corrected chi connectivity index (χ2v) is 12.9. The Morgan fingerprint density at radius 3 is 1.59 bits per heavy atom. The molecule has 222 valence electrons. The van der Waals surface area contributed by atoms with E-state index < -0.39 is 13.7 Å². The number of hydrogen-bond donors (Lipinski definition) is 3. The summed E-state index contributed by atoms with van der Waals surface area (Å²) in [5.41, 5.74) is 5.44. The minimum atomic E-state index is -4.55. The lowest BCUT2D eigenvalue weighted by atomic mass is 9.95. The van der Waals surface area contributed by atoms with Crippen LogP contribution < -0.4 is 5.73 Å². The highest BCUT2D eigenvalue weighted by atomic mass is 31.2. The predicted molar refractivity (Wildman–Crippen MR) is 152 cm³/mol. The summed E-state index contributed by atoms with van der Waals surface area (Å²) in [6.45, 7) is 3.24. The van der Waals surface area contributed by atoms with Crippen LogP contribution in [0.15, 0.2) is 0 Å². The molecule has 0 radical (unpaired) electrons. The molecule has 0 aliphatic carbocycles. The molecule has 8 nitrogen and oxygen atoms in total. The molecular formula is C28H60N2O6P+. The lowest BCUT2D eigenvalue weighted by Gasteiger charge is -2.36. The molecule has 4 N–H and O–H groups in total. The molecule has 0 rings (SSSR count). The molecule has 0 spiro atoms. The van der Waals surface area contributed by atoms with Gasteiger partial charge >= 0.3 is 7.82 Å². The predicted octanol–water partition coefficient (Wildman–Crippen LogP) is 6.33. The average molecular weight is 552 g/mol. The van der Waals surface area contributed by atoms with Crippen molar-refractivity contribution in [1.29, 1.82) is 0 Å². The highest BCUT2D eigenvalue weighted by molar-refractivity contribution is 7.46. The molecular weight excluding hydrogens is 491 g/mol. The van der Waals surface area contributed by atoms with Gasteiger partial charge in [0.1, 0.15) is 12.6 Å². The number of phosphoric ester groups is 1. The Morgan fingerprint density at radius 2 is 1.22 bits per heavy atom. The normalized spacial score (nSPS) is 14.1. The van der Waals surface area contributed by atoms with E-state index in [1.807, 2.05) is 21.1 Å². The SMILES string of the molecule is CCCCCCCCCCCCCCCCCCOCC(CC(N)=O)CC(COP(=O)(O)O)[N+](C)(C)C. The van der Waals surface area contributed by atoms with Crippen molar-refractivity contribution >= 4 is 13.7 Å². The lowest BCUT2D eigenvalue weighted by Crippen LogP contribution is -2.49. The van der Waals surface area contributed by atoms with Crippen LogP contribution in [0.2, 0.25) is 0 Å². The van der Waals surface area contributed by atoms with Gasteiger partial charge in [0.05, 0.1) is 27.7 Å². The van der Waals surface area contributed by atoms with Crippen molar-refractivity contribution in [2.24, 2.45) is 11.7 Å². The molecule has 2 unspecified atom stereocenters. The van der Waals surface area contributed by atoms with Crippen molar-refractivity contribution in [3.05, 3.63) is 0 Å². The fourth-order valence-electron chi connectivity index (χ4n) is 4.67. The summed E-state index contributed by atoms with van der Waals surface area (Å²) in [5.74, 6) is -0.506. The number of rotatable bonds is 27. The van der Waals surface area contributed by atoms with Crippen LogP contribution in [0.1, 0.15) is 122 Å². The largest absolute Gasteiger partial charge is 0.469 e. The Balaban J connectivity index is 3.89. The van der Waals surface area contributed by atoms with Gasteiger partial charge in [0.15, 0.2) is 0 Å². The first-order valence-corrected chi connectivity index (χ1v) is 16.4. The van der Waals surface area contributed by atoms with Crippen LogP contribution in [-0.4, -0.2) is 67.2 Å². The smallest absolute Gasteiger partial charge is 0.381 e. The molecule has 9 heteroatoms. The molecule has 0 aromatic carbocycles. The summed E-state index contributed by atoms with van der Waals surface area (Å²) < 4.78 is 22.2. The van der Waals surface area contributed by atoms with Crippen molar-refractivity contribution in [3.63, 3.8) is 0 Å². The number of likely N-dealkylation sites (N-methyl/N-ethyl adjacent to an activating group) is 1. The van der Waals surface area contributed by atoms with Gasteiger partial charge in [0.2, 0.25) is 5.91 Å². The molecule has 0 saturated carbocycles. The number of quaternary nitrogens is 1. The van der Waals surface area contributed by atoms with Crippen molar-refractivity contribution in [2.45, 2.75) is 129 Å². The van der Waals surface area contributed by atoms with E-state index in [1.165, 1.54) is 89.9 Å². The van der Waals surface area contributed by atoms with Gasteiger partial charge in [-0.05, 0) is 12.3 Å². The van der Waals surface area contributed by atoms with E-state index >= 15 is 0 Å². The number of ether oxygens (including phenoxy) is 1. The summed E-state index contributed by atoms with van der Waals surface area (Å²) in [5, 5.41) is 0. The number of carbonyl (C=O) groups is 1. The second-order valence-electron chi connectivity index (χ2n) is 11.7. The van der Waals surface area contributed by atoms with Crippen LogP contribution in [0.25, 0.3) is 0 Å². The van der Waals surface area contributed by atoms with E-state index in [1.54, 1.807) is 0 Å². The first-order valence-electron chi connectivity index (χ1n) is 14.8. The first-order chi connectivity index (χ1) is 17.5. The summed E-state index contributed by atoms with van der Waals surface area (Å²) in [6, 6.07) is -0.198. The van der Waals surface area contributed by atoms with Crippen molar-refractivity contribution in [2.75, 3.05) is 41.0 Å². The zero-order chi connectivity index (χ0) is 28.0. The third-order valence-corrected chi connectivity index (χ3v) is 7.61. The van der Waals surface area contributed by atoms with Gasteiger partial charge in [-0.3, -0.25) is 9.32 Å². The van der Waals surface area contributed by atoms with Gasteiger partial charge in [-0.2, -0.15) is 0 Å². The monoisotopic (exact) mass is 551 g/mol. The van der Waals surface area contributed by atoms with E-state index in [4.69, 9.17) is 24.8 Å². The van der Waals surface area contributed by atoms with E-state index in [0.717, 1.165) is 12.8 Å². The van der Waals surface area contributed by atoms with Crippen molar-refractivity contribution in [3.8, 4) is 0 Å². The standard InChI is InChI=1S/C28H59N2O6P/c1-5-6-7-8-9-10-11-12-13-14-15-16-17-18-19-20-21-35-24-26(23-28(29)31)22-27(30(2,3)4)25-36-37(32,33)34/h26-27H,5-25H2,1-4H3,(H3-,29,31,32,33,34)/p+1. The Bertz CT molecular complexity index is 594. The Morgan fingerprint density at radius 1 is 0.784 bits per heavy atom. The van der Waals surface area contributed by atoms with Crippen LogP contribution in [0, 0.1) is 5.92 Å². The number of nitrogens with zero attached hydrogens (tertiary/aromatic N) is 1. The molecule has 0 heterocycles. The number of amides is 1. The van der Waals surface area contributed by atoms with Gasteiger partial charge < -0.3 is 24.7 Å². The van der Waals surface area contributed by atoms with Gasteiger partial charge in [0, 0.05) is 19.4 Å². The summed E-state index contributed by atoms with van der Waals surface area (Å²) in [7, 11) is 1.26. The number of carbonyl (C=O) groups excluding carboxylic acids is 1. The number of hydrogen-bond acceptors (Lipinski definition) is 4. The quantitative estimate of drug-likeness (QED) is 0.0623. The fraction of sp³-hybridized carbons (Fsp3) is 0.964. The number of primary amides is 1. The summed E-state index contributed by atoms with van der Waals surface area (Å²) in [6.07, 6.45) is 22.0. The van der Waals surface area contributed by atoms with E-state index in [2.05, 4.69) is 6.92 Å². The van der Waals surface area contributed by atoms with Crippen LogP contribution in [0.4, 0.5) is 0 Å². The van der Waals surface area contributed by atoms with Crippen LogP contribution >= 0.6 is 7.82 Å². The number of unbranched alkanes of at least 4 members (excludes halogenated alkanes) is 15. The number of nitrogens with two attached hydrogens (primary N) is 1. The maximum Gasteiger partial charge on any atom is 0.469 e. The third kappa shape index (κ3) is 25.5. The van der Waals surface area contributed by atoms with Crippen LogP contribution in [-0.2, 0) is 18.6 Å². The molecule has 0 aliphatic heterocycles. The first kappa shape index (κ1) is 36.5. The van der Waals surface area contributed by atoms with E-state index in [-0.39, 0.29) is 25.0 Å². The molecule has 37 heavy (non-hydrogen) atoms. The zero-order valence-corrected chi connectivity index (χ0v) is 25.4. The molecule has 0 aromatic rings. The highest BCUT2D eigenvalue weighted by Gasteiger charge is 2.31. The molecule has 0 aliphatic rings. The van der Waals surface area contributed by atoms with Gasteiger partial charge in [0.25, 0.3) is 0 Å². The maximum absolute atomic E-state index is 11.6. The Labute approximate surface area is 227 Å². The van der Waals surface area contributed by atoms with Gasteiger partial charge in [-0.15, -0.1) is 0 Å². The maximum atomic E-state index is 11.6. The van der Waals surface area contributed by atoms with Crippen LogP contribution in [0.5, 0.6) is 0 Å². The molecule has 0 aromatic heterocycles. The minimum absolute atomic E-state index is 0.0951. The molecule has 0 saturated heterocycles. The Hall–Kier alpha value is -0.500. The molecule has 0 bridgehead atoms. The van der Waals surface area contributed by atoms with Crippen molar-refractivity contribution in [1.82, 2.24) is 0 Å². The average Bonchev–Trinajstić information content (AvgIpc) is 2.79. The van der Waals surface area contributed by atoms with E-state index in [9.17, 15) is 9.36 Å². The summed E-state index contributed by atoms with van der Waals surface area (Å²) >= 11 is 0. The molecule has 0 fully saturated rings. The lowest BCUT2D eigenvalue weighted by molar-refractivity contribution is -0.897. The topological polar surface area (TPSA) is 119 Å². The minimum Gasteiger partial charge on any atom is -0.381 e. The third-order valence-electron chi connectivity index (χ3n) is 7.12. The summed E-state index contributed by atoms with van der Waals surface area (Å²) in [4.78, 5) is 29.7. The van der Waals surface area contributed by atoms with Crippen molar-refractivity contribution < 1.29 is 32.9 Å². The molecule has 2 atom stereocenters. The second kappa shape index (κ2) is 22.3. The zero-order valence-electron chi connectivity index (χ0n) is 24.5.